The molecule has 2 aliphatic heterocycles. The van der Waals surface area contributed by atoms with E-state index in [4.69, 9.17) is 4.74 Å². The fraction of sp³-hybridized carbons (Fsp3) is 0.600. The molecule has 2 heterocycles. The molecule has 2 aliphatic rings. The number of hydrogen-bond donors (Lipinski definition) is 1. The Bertz CT molecular complexity index is 556. The van der Waals surface area contributed by atoms with Gasteiger partial charge in [0, 0.05) is 13.0 Å². The highest BCUT2D eigenvalue weighted by molar-refractivity contribution is 7.91. The van der Waals surface area contributed by atoms with Crippen LogP contribution in [0.1, 0.15) is 18.4 Å². The number of sulfone groups is 1. The van der Waals surface area contributed by atoms with Gasteiger partial charge in [-0.3, -0.25) is 0 Å². The van der Waals surface area contributed by atoms with Crippen LogP contribution >= 0.6 is 0 Å². The van der Waals surface area contributed by atoms with Crippen LogP contribution in [0.2, 0.25) is 0 Å². The van der Waals surface area contributed by atoms with Gasteiger partial charge in [-0.15, -0.1) is 0 Å². The van der Waals surface area contributed by atoms with Crippen molar-refractivity contribution in [1.29, 1.82) is 0 Å². The van der Waals surface area contributed by atoms with Gasteiger partial charge in [0.05, 0.1) is 11.5 Å². The van der Waals surface area contributed by atoms with E-state index in [2.05, 4.69) is 6.07 Å². The van der Waals surface area contributed by atoms with E-state index in [9.17, 15) is 13.5 Å². The zero-order valence-electron chi connectivity index (χ0n) is 11.4. The minimum absolute atomic E-state index is 0.0200. The molecule has 1 aromatic rings. The average Bonchev–Trinajstić information content (AvgIpc) is 2.98. The molecule has 0 radical (unpaired) electrons. The maximum atomic E-state index is 11.6. The zero-order valence-corrected chi connectivity index (χ0v) is 12.2. The fourth-order valence-corrected chi connectivity index (χ4v) is 5.25. The molecular formula is C15H20O4S. The third kappa shape index (κ3) is 2.83. The molecule has 0 amide bonds. The van der Waals surface area contributed by atoms with E-state index in [1.54, 1.807) is 0 Å². The van der Waals surface area contributed by atoms with Gasteiger partial charge in [-0.1, -0.05) is 18.2 Å². The lowest BCUT2D eigenvalue weighted by molar-refractivity contribution is 0.121. The highest BCUT2D eigenvalue weighted by Crippen LogP contribution is 2.34. The van der Waals surface area contributed by atoms with E-state index in [1.807, 2.05) is 18.2 Å². The van der Waals surface area contributed by atoms with Crippen LogP contribution in [0.25, 0.3) is 0 Å². The van der Waals surface area contributed by atoms with E-state index >= 15 is 0 Å². The van der Waals surface area contributed by atoms with Crippen molar-refractivity contribution in [3.05, 3.63) is 29.8 Å². The molecule has 20 heavy (non-hydrogen) atoms. The summed E-state index contributed by atoms with van der Waals surface area (Å²) in [5.41, 5.74) is 1.20. The van der Waals surface area contributed by atoms with Crippen LogP contribution in [0.3, 0.4) is 0 Å². The van der Waals surface area contributed by atoms with Crippen molar-refractivity contribution in [3.63, 3.8) is 0 Å². The molecule has 5 heteroatoms. The van der Waals surface area contributed by atoms with Gasteiger partial charge >= 0.3 is 0 Å². The Hall–Kier alpha value is -1.07. The van der Waals surface area contributed by atoms with Gasteiger partial charge in [0.1, 0.15) is 11.9 Å². The van der Waals surface area contributed by atoms with Gasteiger partial charge in [0.25, 0.3) is 0 Å². The number of benzene rings is 1. The Morgan fingerprint density at radius 1 is 1.35 bits per heavy atom. The van der Waals surface area contributed by atoms with Crippen LogP contribution < -0.4 is 4.74 Å². The first-order chi connectivity index (χ1) is 9.57. The van der Waals surface area contributed by atoms with E-state index in [1.165, 1.54) is 5.56 Å². The predicted octanol–water partition coefficient (Wildman–Crippen LogP) is 1.42. The number of rotatable bonds is 4. The van der Waals surface area contributed by atoms with Gasteiger partial charge in [-0.25, -0.2) is 8.42 Å². The van der Waals surface area contributed by atoms with Gasteiger partial charge in [-0.2, -0.15) is 0 Å². The first kappa shape index (κ1) is 13.9. The van der Waals surface area contributed by atoms with E-state index in [0.29, 0.717) is 6.42 Å². The summed E-state index contributed by atoms with van der Waals surface area (Å²) >= 11 is 0. The van der Waals surface area contributed by atoms with Gasteiger partial charge < -0.3 is 9.84 Å². The second-order valence-electron chi connectivity index (χ2n) is 5.89. The summed E-state index contributed by atoms with van der Waals surface area (Å²) < 4.78 is 29.0. The molecule has 3 rings (SSSR count). The number of para-hydroxylation sites is 1. The fourth-order valence-electron chi connectivity index (χ4n) is 3.33. The summed E-state index contributed by atoms with van der Waals surface area (Å²) in [6.07, 6.45) is 2.32. The molecule has 3 atom stereocenters. The molecule has 0 spiro atoms. The molecule has 1 saturated heterocycles. The molecule has 4 nitrogen and oxygen atoms in total. The van der Waals surface area contributed by atoms with Crippen molar-refractivity contribution < 1.29 is 18.3 Å². The Morgan fingerprint density at radius 2 is 2.15 bits per heavy atom. The average molecular weight is 296 g/mol. The summed E-state index contributed by atoms with van der Waals surface area (Å²) in [4.78, 5) is 0. The highest BCUT2D eigenvalue weighted by atomic mass is 32.2. The SMILES string of the molecule is O=S1(=O)CCC(C(CO)CC2Cc3ccccc3O2)C1. The van der Waals surface area contributed by atoms with Crippen LogP contribution in [0.4, 0.5) is 0 Å². The van der Waals surface area contributed by atoms with Crippen LogP contribution in [-0.4, -0.2) is 37.7 Å². The Labute approximate surface area is 119 Å². The largest absolute Gasteiger partial charge is 0.490 e. The van der Waals surface area contributed by atoms with Gasteiger partial charge in [0.2, 0.25) is 0 Å². The van der Waals surface area contributed by atoms with Crippen LogP contribution in [-0.2, 0) is 16.3 Å². The third-order valence-corrected chi connectivity index (χ3v) is 6.24. The lowest BCUT2D eigenvalue weighted by Crippen LogP contribution is -2.27. The molecule has 1 fully saturated rings. The minimum atomic E-state index is -2.89. The van der Waals surface area contributed by atoms with Crippen molar-refractivity contribution in [1.82, 2.24) is 0 Å². The molecule has 1 aromatic carbocycles. The van der Waals surface area contributed by atoms with Crippen molar-refractivity contribution in [3.8, 4) is 5.75 Å². The highest BCUT2D eigenvalue weighted by Gasteiger charge is 2.36. The van der Waals surface area contributed by atoms with Crippen molar-refractivity contribution >= 4 is 9.84 Å². The first-order valence-corrected chi connectivity index (χ1v) is 8.95. The standard InChI is InChI=1S/C15H20O4S/c16-9-13(12-5-6-20(17,18)10-12)8-14-7-11-3-1-2-4-15(11)19-14/h1-4,12-14,16H,5-10H2. The lowest BCUT2D eigenvalue weighted by atomic mass is 9.87. The molecule has 0 aromatic heterocycles. The monoisotopic (exact) mass is 296 g/mol. The second kappa shape index (κ2) is 5.37. The normalized spacial score (nSPS) is 28.9. The van der Waals surface area contributed by atoms with Crippen molar-refractivity contribution in [2.24, 2.45) is 11.8 Å². The Kier molecular flexibility index (Phi) is 3.73. The number of fused-ring (bicyclic) bond motifs is 1. The molecule has 110 valence electrons. The number of aliphatic hydroxyl groups excluding tert-OH is 1. The van der Waals surface area contributed by atoms with E-state index in [-0.39, 0.29) is 36.1 Å². The summed E-state index contributed by atoms with van der Waals surface area (Å²) in [6.45, 7) is 0.0381. The summed E-state index contributed by atoms with van der Waals surface area (Å²) in [5.74, 6) is 1.51. The summed E-state index contributed by atoms with van der Waals surface area (Å²) in [5, 5.41) is 9.58. The van der Waals surface area contributed by atoms with Gasteiger partial charge in [-0.05, 0) is 36.3 Å². The van der Waals surface area contributed by atoms with Crippen molar-refractivity contribution in [2.45, 2.75) is 25.4 Å². The lowest BCUT2D eigenvalue weighted by Gasteiger charge is -2.23. The number of aliphatic hydroxyl groups is 1. The minimum Gasteiger partial charge on any atom is -0.490 e. The second-order valence-corrected chi connectivity index (χ2v) is 8.12. The molecule has 1 N–H and O–H groups in total. The quantitative estimate of drug-likeness (QED) is 0.913. The Balaban J connectivity index is 1.63. The zero-order chi connectivity index (χ0) is 14.2. The smallest absolute Gasteiger partial charge is 0.150 e. The topological polar surface area (TPSA) is 63.6 Å². The van der Waals surface area contributed by atoms with Crippen LogP contribution in [0.5, 0.6) is 5.75 Å². The molecular weight excluding hydrogens is 276 g/mol. The van der Waals surface area contributed by atoms with E-state index < -0.39 is 9.84 Å². The van der Waals surface area contributed by atoms with Gasteiger partial charge in [0.15, 0.2) is 9.84 Å². The van der Waals surface area contributed by atoms with Crippen LogP contribution in [0.15, 0.2) is 24.3 Å². The Morgan fingerprint density at radius 3 is 2.80 bits per heavy atom. The maximum absolute atomic E-state index is 11.6. The number of ether oxygens (including phenoxy) is 1. The maximum Gasteiger partial charge on any atom is 0.150 e. The molecule has 0 bridgehead atoms. The predicted molar refractivity (Wildman–Crippen MR) is 76.5 cm³/mol. The molecule has 0 aliphatic carbocycles. The molecule has 3 unspecified atom stereocenters. The summed E-state index contributed by atoms with van der Waals surface area (Å²) in [6, 6.07) is 7.97. The molecule has 0 saturated carbocycles. The van der Waals surface area contributed by atoms with E-state index in [0.717, 1.165) is 18.6 Å². The first-order valence-electron chi connectivity index (χ1n) is 7.13. The number of hydrogen-bond acceptors (Lipinski definition) is 4. The van der Waals surface area contributed by atoms with Crippen LogP contribution in [0, 0.1) is 11.8 Å². The van der Waals surface area contributed by atoms with Crippen molar-refractivity contribution in [2.75, 3.05) is 18.1 Å². The third-order valence-electron chi connectivity index (χ3n) is 4.45. The summed E-state index contributed by atoms with van der Waals surface area (Å²) in [7, 11) is -2.89.